The van der Waals surface area contributed by atoms with E-state index in [2.05, 4.69) is 11.9 Å². The first kappa shape index (κ1) is 16.8. The second kappa shape index (κ2) is 6.90. The Hall–Kier alpha value is -1.69. The minimum atomic E-state index is -0.0457. The Bertz CT molecular complexity index is 947. The Morgan fingerprint density at radius 3 is 2.92 bits per heavy atom. The van der Waals surface area contributed by atoms with E-state index >= 15 is 0 Å². The minimum Gasteiger partial charge on any atom is -0.328 e. The number of nitrogens with zero attached hydrogens (tertiary/aromatic N) is 1. The lowest BCUT2D eigenvalue weighted by atomic mass is 10.0. The van der Waals surface area contributed by atoms with Crippen LogP contribution in [0.1, 0.15) is 25.6 Å². The van der Waals surface area contributed by atoms with Gasteiger partial charge in [0.25, 0.3) is 5.56 Å². The Morgan fingerprint density at radius 2 is 2.16 bits per heavy atom. The summed E-state index contributed by atoms with van der Waals surface area (Å²) in [6, 6.07) is 7.57. The number of benzene rings is 1. The molecule has 1 saturated heterocycles. The minimum absolute atomic E-state index is 0.0457. The number of aromatic amines is 1. The van der Waals surface area contributed by atoms with Crippen molar-refractivity contribution in [1.29, 1.82) is 0 Å². The second-order valence-electron chi connectivity index (χ2n) is 6.98. The highest BCUT2D eigenvalue weighted by atomic mass is 35.5. The van der Waals surface area contributed by atoms with E-state index in [1.165, 1.54) is 29.1 Å². The van der Waals surface area contributed by atoms with Crippen LogP contribution >= 0.6 is 22.9 Å². The van der Waals surface area contributed by atoms with Gasteiger partial charge < -0.3 is 9.88 Å². The topological polar surface area (TPSA) is 50.2 Å². The molecule has 2 aromatic heterocycles. The van der Waals surface area contributed by atoms with E-state index in [1.807, 2.05) is 29.6 Å². The standard InChI is InChI=1S/C19H20ClN3OS/c1-12-3-2-8-23(9-12)10-16-21-18(24)17-15(11-25-19(17)22-16)13-4-6-14(20)7-5-13/h4-7,11-12H,2-3,8-10H2,1H3,(H,21,22,24)/p+1/t12-/m1/s1. The predicted molar refractivity (Wildman–Crippen MR) is 103 cm³/mol. The molecule has 0 bridgehead atoms. The first-order valence-electron chi connectivity index (χ1n) is 8.70. The number of aromatic nitrogens is 2. The summed E-state index contributed by atoms with van der Waals surface area (Å²) in [6.07, 6.45) is 2.56. The van der Waals surface area contributed by atoms with Gasteiger partial charge in [-0.2, -0.15) is 0 Å². The molecule has 2 N–H and O–H groups in total. The summed E-state index contributed by atoms with van der Waals surface area (Å²) in [7, 11) is 0. The summed E-state index contributed by atoms with van der Waals surface area (Å²) < 4.78 is 0. The molecule has 4 nitrogen and oxygen atoms in total. The van der Waals surface area contributed by atoms with Crippen molar-refractivity contribution in [3.8, 4) is 11.1 Å². The highest BCUT2D eigenvalue weighted by molar-refractivity contribution is 7.17. The monoisotopic (exact) mass is 374 g/mol. The zero-order chi connectivity index (χ0) is 17.4. The van der Waals surface area contributed by atoms with Crippen molar-refractivity contribution >= 4 is 33.2 Å². The van der Waals surface area contributed by atoms with Gasteiger partial charge in [0.2, 0.25) is 0 Å². The summed E-state index contributed by atoms with van der Waals surface area (Å²) >= 11 is 7.50. The lowest BCUT2D eigenvalue weighted by Crippen LogP contribution is -3.12. The molecule has 1 aromatic carbocycles. The van der Waals surface area contributed by atoms with Crippen LogP contribution in [-0.4, -0.2) is 23.1 Å². The van der Waals surface area contributed by atoms with Crippen molar-refractivity contribution in [3.63, 3.8) is 0 Å². The number of thiophene rings is 1. The van der Waals surface area contributed by atoms with Crippen molar-refractivity contribution in [2.45, 2.75) is 26.3 Å². The molecule has 4 rings (SSSR count). The van der Waals surface area contributed by atoms with Crippen LogP contribution in [0.2, 0.25) is 5.02 Å². The highest BCUT2D eigenvalue weighted by Crippen LogP contribution is 2.31. The van der Waals surface area contributed by atoms with Gasteiger partial charge in [0.15, 0.2) is 5.82 Å². The molecule has 1 fully saturated rings. The number of halogens is 1. The Morgan fingerprint density at radius 1 is 1.36 bits per heavy atom. The number of likely N-dealkylation sites (tertiary alicyclic amines) is 1. The third-order valence-corrected chi connectivity index (χ3v) is 6.05. The number of hydrogen-bond donors (Lipinski definition) is 2. The Labute approximate surface area is 155 Å². The number of hydrogen-bond acceptors (Lipinski definition) is 3. The van der Waals surface area contributed by atoms with E-state index in [-0.39, 0.29) is 5.56 Å². The molecule has 1 aliphatic heterocycles. The van der Waals surface area contributed by atoms with E-state index in [4.69, 9.17) is 16.6 Å². The van der Waals surface area contributed by atoms with Crippen LogP contribution < -0.4 is 10.5 Å². The lowest BCUT2D eigenvalue weighted by molar-refractivity contribution is -0.922. The molecule has 0 spiro atoms. The van der Waals surface area contributed by atoms with Crippen LogP contribution in [-0.2, 0) is 6.54 Å². The second-order valence-corrected chi connectivity index (χ2v) is 8.27. The molecule has 2 atom stereocenters. The largest absolute Gasteiger partial charge is 0.328 e. The molecule has 6 heteroatoms. The third kappa shape index (κ3) is 3.50. The van der Waals surface area contributed by atoms with E-state index in [0.717, 1.165) is 47.3 Å². The molecule has 0 saturated carbocycles. The number of nitrogens with one attached hydrogen (secondary N) is 2. The van der Waals surface area contributed by atoms with E-state index in [9.17, 15) is 4.79 Å². The average molecular weight is 375 g/mol. The van der Waals surface area contributed by atoms with Gasteiger partial charge in [-0.3, -0.25) is 4.79 Å². The Balaban J connectivity index is 1.67. The van der Waals surface area contributed by atoms with Gasteiger partial charge in [-0.1, -0.05) is 30.7 Å². The number of piperidine rings is 1. The maximum Gasteiger partial charge on any atom is 0.260 e. The van der Waals surface area contributed by atoms with Gasteiger partial charge in [0.1, 0.15) is 11.4 Å². The van der Waals surface area contributed by atoms with Crippen molar-refractivity contribution in [2.24, 2.45) is 5.92 Å². The lowest BCUT2D eigenvalue weighted by Gasteiger charge is -2.27. The van der Waals surface area contributed by atoms with Crippen LogP contribution in [0.3, 0.4) is 0 Å². The van der Waals surface area contributed by atoms with E-state index in [1.54, 1.807) is 0 Å². The summed E-state index contributed by atoms with van der Waals surface area (Å²) in [6.45, 7) is 5.41. The third-order valence-electron chi connectivity index (χ3n) is 4.93. The van der Waals surface area contributed by atoms with Crippen molar-refractivity contribution in [2.75, 3.05) is 13.1 Å². The van der Waals surface area contributed by atoms with Gasteiger partial charge in [-0.15, -0.1) is 11.3 Å². The number of rotatable bonds is 3. The van der Waals surface area contributed by atoms with Gasteiger partial charge in [0, 0.05) is 21.9 Å². The van der Waals surface area contributed by atoms with Crippen LogP contribution in [0.25, 0.3) is 21.3 Å². The van der Waals surface area contributed by atoms with Crippen LogP contribution in [0.5, 0.6) is 0 Å². The molecule has 0 radical (unpaired) electrons. The molecule has 1 unspecified atom stereocenters. The molecular weight excluding hydrogens is 354 g/mol. The SMILES string of the molecule is C[C@@H]1CCC[NH+](Cc2nc3scc(-c4ccc(Cl)cc4)c3c(=O)[nH]2)C1. The predicted octanol–water partition coefficient (Wildman–Crippen LogP) is 3.12. The normalized spacial score (nSPS) is 20.9. The maximum absolute atomic E-state index is 12.7. The first-order chi connectivity index (χ1) is 12.1. The van der Waals surface area contributed by atoms with Crippen molar-refractivity contribution < 1.29 is 4.90 Å². The van der Waals surface area contributed by atoms with Crippen LogP contribution in [0, 0.1) is 5.92 Å². The summed E-state index contributed by atoms with van der Waals surface area (Å²) in [5.74, 6) is 1.54. The van der Waals surface area contributed by atoms with Gasteiger partial charge in [0.05, 0.1) is 18.5 Å². The quantitative estimate of drug-likeness (QED) is 0.740. The molecule has 130 valence electrons. The van der Waals surface area contributed by atoms with E-state index in [0.29, 0.717) is 10.4 Å². The first-order valence-corrected chi connectivity index (χ1v) is 9.96. The number of H-pyrrole nitrogens is 1. The van der Waals surface area contributed by atoms with Crippen molar-refractivity contribution in [1.82, 2.24) is 9.97 Å². The fourth-order valence-corrected chi connectivity index (χ4v) is 4.81. The molecule has 25 heavy (non-hydrogen) atoms. The fourth-order valence-electron chi connectivity index (χ4n) is 3.71. The van der Waals surface area contributed by atoms with E-state index < -0.39 is 0 Å². The number of quaternary nitrogens is 1. The summed E-state index contributed by atoms with van der Waals surface area (Å²) in [5.41, 5.74) is 1.87. The summed E-state index contributed by atoms with van der Waals surface area (Å²) in [5, 5.41) is 3.38. The van der Waals surface area contributed by atoms with Crippen LogP contribution in [0.4, 0.5) is 0 Å². The molecule has 0 amide bonds. The zero-order valence-corrected chi connectivity index (χ0v) is 15.7. The maximum atomic E-state index is 12.7. The number of fused-ring (bicyclic) bond motifs is 1. The van der Waals surface area contributed by atoms with Gasteiger partial charge in [-0.05, 0) is 30.5 Å². The molecule has 0 aliphatic carbocycles. The molecular formula is C19H21ClN3OS+. The summed E-state index contributed by atoms with van der Waals surface area (Å²) in [4.78, 5) is 22.8. The molecule has 3 heterocycles. The molecule has 1 aliphatic rings. The zero-order valence-electron chi connectivity index (χ0n) is 14.1. The Kier molecular flexibility index (Phi) is 4.63. The van der Waals surface area contributed by atoms with Crippen LogP contribution in [0.15, 0.2) is 34.4 Å². The molecule has 3 aromatic rings. The van der Waals surface area contributed by atoms with Gasteiger partial charge in [-0.25, -0.2) is 4.98 Å². The fraction of sp³-hybridized carbons (Fsp3) is 0.368. The smallest absolute Gasteiger partial charge is 0.260 e. The van der Waals surface area contributed by atoms with Crippen molar-refractivity contribution in [3.05, 3.63) is 50.8 Å². The van der Waals surface area contributed by atoms with Gasteiger partial charge >= 0.3 is 0 Å². The average Bonchev–Trinajstić information content (AvgIpc) is 3.00. The highest BCUT2D eigenvalue weighted by Gasteiger charge is 2.21.